The normalized spacial score (nSPS) is 27.6. The van der Waals surface area contributed by atoms with Gasteiger partial charge in [-0.3, -0.25) is 0 Å². The molecule has 4 aliphatic carbocycles. The molecule has 3 heteroatoms. The van der Waals surface area contributed by atoms with Crippen LogP contribution in [0.15, 0.2) is 54.7 Å². The zero-order valence-electron chi connectivity index (χ0n) is 20.9. The minimum Gasteiger partial charge on any atom is -0.305 e. The zero-order chi connectivity index (χ0) is 23.9. The summed E-state index contributed by atoms with van der Waals surface area (Å²) in [4.78, 5) is 0. The first-order chi connectivity index (χ1) is 17.5. The molecule has 4 bridgehead atoms. The van der Waals surface area contributed by atoms with Crippen molar-refractivity contribution in [3.63, 3.8) is 0 Å². The van der Waals surface area contributed by atoms with E-state index in [9.17, 15) is 0 Å². The second kappa shape index (κ2) is 6.37. The molecule has 2 nitrogen and oxygen atoms in total. The van der Waals surface area contributed by atoms with Crippen LogP contribution in [0, 0.1) is 30.5 Å². The van der Waals surface area contributed by atoms with E-state index in [4.69, 9.17) is 0 Å². The summed E-state index contributed by atoms with van der Waals surface area (Å²) < 4.78 is 20.2. The van der Waals surface area contributed by atoms with Gasteiger partial charge in [0.1, 0.15) is 12.9 Å². The third-order valence-corrected chi connectivity index (χ3v) is 10.5. The summed E-state index contributed by atoms with van der Waals surface area (Å²) in [5.74, 6) is 2.55. The van der Waals surface area contributed by atoms with Crippen LogP contribution in [0.1, 0.15) is 49.7 Å². The Hall–Kier alpha value is -3.20. The number of benzene rings is 3. The molecule has 4 aliphatic rings. The second-order valence-corrected chi connectivity index (χ2v) is 12.6. The minimum atomic E-state index is -0.135. The van der Waals surface area contributed by atoms with Gasteiger partial charge in [0, 0.05) is 16.8 Å². The van der Waals surface area contributed by atoms with Gasteiger partial charge in [-0.25, -0.2) is 8.96 Å². The number of aryl methyl sites for hydroxylation is 2. The fourth-order valence-corrected chi connectivity index (χ4v) is 9.48. The first-order valence-corrected chi connectivity index (χ1v) is 13.7. The Balaban J connectivity index is 1.52. The fraction of sp³-hybridized carbons (Fsp3) is 0.364. The van der Waals surface area contributed by atoms with Crippen molar-refractivity contribution in [2.75, 3.05) is 0 Å². The zero-order valence-corrected chi connectivity index (χ0v) is 20.9. The summed E-state index contributed by atoms with van der Waals surface area (Å²) in [7, 11) is 2.16. The lowest BCUT2D eigenvalue weighted by atomic mass is 9.48. The van der Waals surface area contributed by atoms with E-state index in [1.165, 1.54) is 76.8 Å². The van der Waals surface area contributed by atoms with Gasteiger partial charge in [0.2, 0.25) is 5.52 Å². The molecule has 3 heterocycles. The second-order valence-electron chi connectivity index (χ2n) is 12.6. The van der Waals surface area contributed by atoms with Crippen LogP contribution in [0.3, 0.4) is 0 Å². The van der Waals surface area contributed by atoms with E-state index in [2.05, 4.69) is 65.5 Å². The summed E-state index contributed by atoms with van der Waals surface area (Å²) >= 11 is 0. The molecule has 0 aliphatic heterocycles. The van der Waals surface area contributed by atoms with Gasteiger partial charge in [-0.2, -0.15) is 0 Å². The van der Waals surface area contributed by atoms with E-state index in [0.29, 0.717) is 5.41 Å². The van der Waals surface area contributed by atoms with Gasteiger partial charge in [0.25, 0.3) is 0 Å². The van der Waals surface area contributed by atoms with E-state index in [1.807, 2.05) is 6.07 Å². The maximum absolute atomic E-state index is 15.7. The van der Waals surface area contributed by atoms with Gasteiger partial charge >= 0.3 is 0 Å². The molecule has 0 radical (unpaired) electrons. The first kappa shape index (κ1) is 19.9. The molecule has 10 rings (SSSR count). The maximum Gasteiger partial charge on any atom is 0.224 e. The van der Waals surface area contributed by atoms with Crippen LogP contribution in [0.4, 0.5) is 4.39 Å². The van der Waals surface area contributed by atoms with Crippen LogP contribution < -0.4 is 4.57 Å². The number of para-hydroxylation sites is 1. The molecule has 3 aromatic carbocycles. The van der Waals surface area contributed by atoms with E-state index in [0.717, 1.165) is 39.6 Å². The largest absolute Gasteiger partial charge is 0.305 e. The molecule has 178 valence electrons. The Bertz CT molecular complexity index is 1870. The van der Waals surface area contributed by atoms with Crippen LogP contribution in [0.2, 0.25) is 0 Å². The SMILES string of the molecule is Cc1ccc2c3cccc(F)c3n3c4cc(C56CC7CC(CC(C7)C5)C6)cc5cc[n+](C)c(c1c23)c54. The van der Waals surface area contributed by atoms with Crippen molar-refractivity contribution in [3.8, 4) is 0 Å². The molecule has 4 saturated carbocycles. The fourth-order valence-electron chi connectivity index (χ4n) is 9.48. The average Bonchev–Trinajstić information content (AvgIpc) is 3.19. The average molecular weight is 474 g/mol. The standard InChI is InChI=1S/C33H30FN2/c1-18-6-7-25-24-4-3-5-26(34)30(24)36-27-14-23(33-15-19-10-20(16-33)12-21(11-19)17-33)13-22-8-9-35(2)32(29(22)27)28(18)31(25)36/h3-9,13-14,19-21H,10-12,15-17H2,1-2H3/q+1. The summed E-state index contributed by atoms with van der Waals surface area (Å²) in [6.45, 7) is 2.20. The Kier molecular flexibility index (Phi) is 3.53. The molecule has 0 spiro atoms. The summed E-state index contributed by atoms with van der Waals surface area (Å²) in [5, 5.41) is 5.96. The molecular formula is C33H30FN2+. The molecule has 4 fully saturated rings. The Morgan fingerprint density at radius 1 is 0.861 bits per heavy atom. The first-order valence-electron chi connectivity index (χ1n) is 13.7. The Morgan fingerprint density at radius 2 is 1.58 bits per heavy atom. The van der Waals surface area contributed by atoms with Crippen molar-refractivity contribution in [1.29, 1.82) is 0 Å². The molecule has 0 unspecified atom stereocenters. The third-order valence-electron chi connectivity index (χ3n) is 10.5. The lowest BCUT2D eigenvalue weighted by molar-refractivity contribution is -0.643. The van der Waals surface area contributed by atoms with Crippen molar-refractivity contribution in [2.45, 2.75) is 50.9 Å². The van der Waals surface area contributed by atoms with E-state index >= 15 is 4.39 Å². The molecule has 3 aromatic heterocycles. The molecular weight excluding hydrogens is 443 g/mol. The van der Waals surface area contributed by atoms with Crippen LogP contribution in [-0.2, 0) is 12.5 Å². The topological polar surface area (TPSA) is 8.29 Å². The molecule has 0 atom stereocenters. The quantitative estimate of drug-likeness (QED) is 0.131. The van der Waals surface area contributed by atoms with E-state index in [-0.39, 0.29) is 5.82 Å². The van der Waals surface area contributed by atoms with Gasteiger partial charge in [-0.05, 0) is 103 Å². The Labute approximate surface area is 209 Å². The number of pyridine rings is 2. The molecule has 0 amide bonds. The number of hydrogen-bond acceptors (Lipinski definition) is 0. The highest BCUT2D eigenvalue weighted by Crippen LogP contribution is 2.61. The predicted octanol–water partition coefficient (Wildman–Crippen LogP) is 7.73. The van der Waals surface area contributed by atoms with Crippen molar-refractivity contribution in [3.05, 3.63) is 71.7 Å². The van der Waals surface area contributed by atoms with Gasteiger partial charge in [0.05, 0.1) is 27.3 Å². The molecule has 6 aromatic rings. The van der Waals surface area contributed by atoms with Crippen molar-refractivity contribution >= 4 is 49.0 Å². The summed E-state index contributed by atoms with van der Waals surface area (Å²) in [5.41, 5.74) is 7.36. The molecule has 36 heavy (non-hydrogen) atoms. The Morgan fingerprint density at radius 3 is 2.33 bits per heavy atom. The molecule has 0 N–H and O–H groups in total. The predicted molar refractivity (Wildman–Crippen MR) is 144 cm³/mol. The monoisotopic (exact) mass is 473 g/mol. The van der Waals surface area contributed by atoms with Crippen LogP contribution in [0.5, 0.6) is 0 Å². The molecule has 0 saturated heterocycles. The van der Waals surface area contributed by atoms with Crippen LogP contribution in [0.25, 0.3) is 49.0 Å². The van der Waals surface area contributed by atoms with Crippen molar-refractivity contribution < 1.29 is 8.96 Å². The summed E-state index contributed by atoms with van der Waals surface area (Å²) in [6.07, 6.45) is 10.6. The maximum atomic E-state index is 15.7. The van der Waals surface area contributed by atoms with Gasteiger partial charge in [-0.15, -0.1) is 0 Å². The number of fused-ring (bicyclic) bond motifs is 5. The lowest BCUT2D eigenvalue weighted by Crippen LogP contribution is -2.48. The van der Waals surface area contributed by atoms with E-state index in [1.54, 1.807) is 6.07 Å². The number of rotatable bonds is 1. The van der Waals surface area contributed by atoms with Crippen molar-refractivity contribution in [2.24, 2.45) is 24.8 Å². The minimum absolute atomic E-state index is 0.135. The number of aromatic nitrogens is 2. The highest BCUT2D eigenvalue weighted by Gasteiger charge is 2.51. The number of halogens is 1. The third kappa shape index (κ3) is 2.27. The number of hydrogen-bond donors (Lipinski definition) is 0. The van der Waals surface area contributed by atoms with E-state index < -0.39 is 0 Å². The lowest BCUT2D eigenvalue weighted by Gasteiger charge is -2.57. The van der Waals surface area contributed by atoms with Crippen LogP contribution >= 0.6 is 0 Å². The summed E-state index contributed by atoms with van der Waals surface area (Å²) in [6, 6.07) is 17.3. The number of nitrogens with zero attached hydrogens (tertiary/aromatic N) is 2. The van der Waals surface area contributed by atoms with Gasteiger partial charge < -0.3 is 4.40 Å². The van der Waals surface area contributed by atoms with Gasteiger partial charge in [-0.1, -0.05) is 24.3 Å². The van der Waals surface area contributed by atoms with Crippen molar-refractivity contribution in [1.82, 2.24) is 4.40 Å². The highest BCUT2D eigenvalue weighted by atomic mass is 19.1. The van der Waals surface area contributed by atoms with Crippen LogP contribution in [-0.4, -0.2) is 4.40 Å². The van der Waals surface area contributed by atoms with Gasteiger partial charge in [0.15, 0.2) is 6.20 Å². The smallest absolute Gasteiger partial charge is 0.224 e. The highest BCUT2D eigenvalue weighted by molar-refractivity contribution is 6.25.